The Kier molecular flexibility index (Phi) is 4.90. The molecule has 1 amide bonds. The number of carbonyl (C=O) groups is 1. The molecule has 0 spiro atoms. The van der Waals surface area contributed by atoms with Crippen molar-refractivity contribution in [1.82, 2.24) is 9.78 Å². The summed E-state index contributed by atoms with van der Waals surface area (Å²) in [6, 6.07) is 15.1. The number of hydrogen-bond acceptors (Lipinski definition) is 3. The summed E-state index contributed by atoms with van der Waals surface area (Å²) in [7, 11) is 0. The fourth-order valence-corrected chi connectivity index (χ4v) is 2.35. The summed E-state index contributed by atoms with van der Waals surface area (Å²) in [5, 5.41) is 7.28. The second-order valence-electron chi connectivity index (χ2n) is 5.31. The second kappa shape index (κ2) is 7.27. The minimum Gasteiger partial charge on any atom is -0.321 e. The molecule has 7 heteroatoms. The number of carbonyl (C=O) groups excluding carboxylic acids is 1. The molecule has 5 nitrogen and oxygen atoms in total. The van der Waals surface area contributed by atoms with Gasteiger partial charge in [-0.25, -0.2) is 9.07 Å². The molecule has 0 saturated heterocycles. The fourth-order valence-electron chi connectivity index (χ4n) is 2.22. The minimum absolute atomic E-state index is 0.0681. The Morgan fingerprint density at radius 2 is 1.88 bits per heavy atom. The van der Waals surface area contributed by atoms with E-state index in [0.717, 1.165) is 4.68 Å². The molecule has 0 aliphatic rings. The van der Waals surface area contributed by atoms with Gasteiger partial charge in [-0.2, -0.15) is 5.10 Å². The summed E-state index contributed by atoms with van der Waals surface area (Å²) in [5.74, 6) is -0.863. The average Bonchev–Trinajstić information content (AvgIpc) is 2.59. The highest BCUT2D eigenvalue weighted by molar-refractivity contribution is 6.30. The first-order valence-electron chi connectivity index (χ1n) is 7.41. The summed E-state index contributed by atoms with van der Waals surface area (Å²) < 4.78 is 14.4. The van der Waals surface area contributed by atoms with E-state index in [-0.39, 0.29) is 17.8 Å². The number of benzene rings is 2. The number of aromatic nitrogens is 2. The highest BCUT2D eigenvalue weighted by Gasteiger charge is 2.10. The van der Waals surface area contributed by atoms with Crippen LogP contribution in [-0.2, 0) is 6.54 Å². The maximum atomic E-state index is 13.3. The normalized spacial score (nSPS) is 10.5. The lowest BCUT2D eigenvalue weighted by molar-refractivity contribution is 0.102. The van der Waals surface area contributed by atoms with Crippen LogP contribution >= 0.6 is 11.6 Å². The minimum atomic E-state index is -0.463. The molecule has 1 N–H and O–H groups in total. The van der Waals surface area contributed by atoms with Gasteiger partial charge in [-0.15, -0.1) is 0 Å². The Morgan fingerprint density at radius 1 is 1.12 bits per heavy atom. The Morgan fingerprint density at radius 3 is 2.60 bits per heavy atom. The molecule has 0 saturated carbocycles. The van der Waals surface area contributed by atoms with Crippen LogP contribution in [0.4, 0.5) is 10.1 Å². The fraction of sp³-hybridized carbons (Fsp3) is 0.0556. The number of nitrogens with zero attached hydrogens (tertiary/aromatic N) is 2. The van der Waals surface area contributed by atoms with Crippen molar-refractivity contribution in [2.24, 2.45) is 0 Å². The zero-order valence-electron chi connectivity index (χ0n) is 12.9. The Hall–Kier alpha value is -2.99. The van der Waals surface area contributed by atoms with Crippen LogP contribution < -0.4 is 10.9 Å². The molecule has 126 valence electrons. The molecule has 0 bridgehead atoms. The lowest BCUT2D eigenvalue weighted by Crippen LogP contribution is -2.26. The number of amides is 1. The molecular formula is C18H13ClFN3O2. The highest BCUT2D eigenvalue weighted by Crippen LogP contribution is 2.14. The number of nitrogens with one attached hydrogen (secondary N) is 1. The van der Waals surface area contributed by atoms with E-state index >= 15 is 0 Å². The van der Waals surface area contributed by atoms with Crippen LogP contribution in [0, 0.1) is 5.82 Å². The molecule has 1 heterocycles. The third kappa shape index (κ3) is 4.30. The van der Waals surface area contributed by atoms with Gasteiger partial charge in [-0.3, -0.25) is 9.59 Å². The molecule has 0 atom stereocenters. The molecule has 2 aromatic carbocycles. The molecule has 3 aromatic rings. The average molecular weight is 358 g/mol. The van der Waals surface area contributed by atoms with E-state index in [4.69, 9.17) is 11.6 Å². The summed E-state index contributed by atoms with van der Waals surface area (Å²) in [6.45, 7) is 0.0681. The Bertz CT molecular complexity index is 971. The van der Waals surface area contributed by atoms with Gasteiger partial charge in [0.15, 0.2) is 0 Å². The first-order valence-corrected chi connectivity index (χ1v) is 7.78. The van der Waals surface area contributed by atoms with Crippen LogP contribution in [-0.4, -0.2) is 15.7 Å². The van der Waals surface area contributed by atoms with Crippen molar-refractivity contribution >= 4 is 23.2 Å². The van der Waals surface area contributed by atoms with Crippen LogP contribution in [0.2, 0.25) is 5.02 Å². The zero-order valence-corrected chi connectivity index (χ0v) is 13.7. The second-order valence-corrected chi connectivity index (χ2v) is 5.74. The van der Waals surface area contributed by atoms with E-state index in [2.05, 4.69) is 10.4 Å². The van der Waals surface area contributed by atoms with Gasteiger partial charge in [0.2, 0.25) is 0 Å². The Labute approximate surface area is 147 Å². The molecule has 0 aliphatic heterocycles. The van der Waals surface area contributed by atoms with Crippen molar-refractivity contribution in [2.75, 3.05) is 5.32 Å². The Balaban J connectivity index is 1.82. The van der Waals surface area contributed by atoms with Gasteiger partial charge in [0.1, 0.15) is 11.5 Å². The van der Waals surface area contributed by atoms with E-state index in [0.29, 0.717) is 16.3 Å². The summed E-state index contributed by atoms with van der Waals surface area (Å²) in [6.07, 6.45) is 0. The van der Waals surface area contributed by atoms with Crippen LogP contribution in [0.3, 0.4) is 0 Å². The van der Waals surface area contributed by atoms with Gasteiger partial charge in [0.25, 0.3) is 11.5 Å². The van der Waals surface area contributed by atoms with Gasteiger partial charge < -0.3 is 5.32 Å². The predicted octanol–water partition coefficient (Wildman–Crippen LogP) is 3.34. The van der Waals surface area contributed by atoms with Gasteiger partial charge >= 0.3 is 0 Å². The van der Waals surface area contributed by atoms with Crippen molar-refractivity contribution in [3.63, 3.8) is 0 Å². The van der Waals surface area contributed by atoms with E-state index in [1.54, 1.807) is 36.4 Å². The van der Waals surface area contributed by atoms with E-state index in [9.17, 15) is 14.0 Å². The molecule has 1 aromatic heterocycles. The zero-order chi connectivity index (χ0) is 17.8. The largest absolute Gasteiger partial charge is 0.321 e. The van der Waals surface area contributed by atoms with Crippen molar-refractivity contribution in [2.45, 2.75) is 6.54 Å². The summed E-state index contributed by atoms with van der Waals surface area (Å²) in [5.41, 5.74) is 0.821. The first-order chi connectivity index (χ1) is 12.0. The first kappa shape index (κ1) is 16.9. The lowest BCUT2D eigenvalue weighted by Gasteiger charge is -2.08. The molecule has 3 rings (SSSR count). The van der Waals surface area contributed by atoms with Crippen molar-refractivity contribution < 1.29 is 9.18 Å². The number of hydrogen-bond donors (Lipinski definition) is 1. The maximum Gasteiger partial charge on any atom is 0.276 e. The monoisotopic (exact) mass is 357 g/mol. The number of rotatable bonds is 4. The van der Waals surface area contributed by atoms with Crippen LogP contribution in [0.1, 0.15) is 16.1 Å². The predicted molar refractivity (Wildman–Crippen MR) is 93.4 cm³/mol. The van der Waals surface area contributed by atoms with Gasteiger partial charge in [0.05, 0.1) is 6.54 Å². The van der Waals surface area contributed by atoms with Gasteiger partial charge in [0, 0.05) is 16.8 Å². The van der Waals surface area contributed by atoms with E-state index in [1.807, 2.05) is 0 Å². The van der Waals surface area contributed by atoms with E-state index < -0.39 is 11.7 Å². The molecule has 0 unspecified atom stereocenters. The quantitative estimate of drug-likeness (QED) is 0.779. The standard InChI is InChI=1S/C18H13ClFN3O2/c19-13-4-6-15(7-5-13)21-18(25)16-8-9-17(24)23(22-16)11-12-2-1-3-14(20)10-12/h1-10H,11H2,(H,21,25). The third-order valence-electron chi connectivity index (χ3n) is 3.42. The maximum absolute atomic E-state index is 13.3. The van der Waals surface area contributed by atoms with E-state index in [1.165, 1.54) is 24.3 Å². The molecular weight excluding hydrogens is 345 g/mol. The SMILES string of the molecule is O=C(Nc1ccc(Cl)cc1)c1ccc(=O)n(Cc2cccc(F)c2)n1. The van der Waals surface area contributed by atoms with Gasteiger partial charge in [-0.1, -0.05) is 23.7 Å². The molecule has 25 heavy (non-hydrogen) atoms. The third-order valence-corrected chi connectivity index (χ3v) is 3.67. The van der Waals surface area contributed by atoms with Gasteiger partial charge in [-0.05, 0) is 48.0 Å². The van der Waals surface area contributed by atoms with Crippen LogP contribution in [0.15, 0.2) is 65.5 Å². The highest BCUT2D eigenvalue weighted by atomic mass is 35.5. The van der Waals surface area contributed by atoms with Crippen molar-refractivity contribution in [3.05, 3.63) is 93.1 Å². The topological polar surface area (TPSA) is 64.0 Å². The van der Waals surface area contributed by atoms with Crippen LogP contribution in [0.25, 0.3) is 0 Å². The number of anilines is 1. The summed E-state index contributed by atoms with van der Waals surface area (Å²) in [4.78, 5) is 24.2. The summed E-state index contributed by atoms with van der Waals surface area (Å²) >= 11 is 5.80. The lowest BCUT2D eigenvalue weighted by atomic mass is 10.2. The van der Waals surface area contributed by atoms with Crippen LogP contribution in [0.5, 0.6) is 0 Å². The van der Waals surface area contributed by atoms with Crippen molar-refractivity contribution in [1.29, 1.82) is 0 Å². The smallest absolute Gasteiger partial charge is 0.276 e. The molecule has 0 radical (unpaired) electrons. The molecule has 0 aliphatic carbocycles. The number of halogens is 2. The molecule has 0 fully saturated rings. The van der Waals surface area contributed by atoms with Crippen molar-refractivity contribution in [3.8, 4) is 0 Å².